The Morgan fingerprint density at radius 1 is 1.10 bits per heavy atom. The second-order valence-corrected chi connectivity index (χ2v) is 8.53. The highest BCUT2D eigenvalue weighted by Gasteiger charge is 2.18. The number of unbranched alkanes of at least 4 members (excludes halogenated alkanes) is 1. The predicted octanol–water partition coefficient (Wildman–Crippen LogP) is 5.96. The zero-order chi connectivity index (χ0) is 21.8. The molecule has 1 saturated heterocycles. The molecule has 1 aromatic carbocycles. The van der Waals surface area contributed by atoms with E-state index in [1.165, 1.54) is 12.8 Å². The minimum atomic E-state index is 0.283. The van der Waals surface area contributed by atoms with Crippen LogP contribution in [-0.4, -0.2) is 61.5 Å². The number of amides is 1. The van der Waals surface area contributed by atoms with E-state index in [9.17, 15) is 4.79 Å². The van der Waals surface area contributed by atoms with E-state index in [1.54, 1.807) is 0 Å². The quantitative estimate of drug-likeness (QED) is 0.495. The van der Waals surface area contributed by atoms with Gasteiger partial charge in [-0.25, -0.2) is 0 Å². The van der Waals surface area contributed by atoms with Gasteiger partial charge in [0.2, 0.25) is 5.91 Å². The first kappa shape index (κ1) is 26.1. The fraction of sp³-hybridized carbons (Fsp3) is 0.696. The number of carbonyl (C=O) groups is 1. The summed E-state index contributed by atoms with van der Waals surface area (Å²) in [5.74, 6) is 0.283. The Morgan fingerprint density at radius 3 is 2.31 bits per heavy atom. The Labute approximate surface area is 188 Å². The normalized spacial score (nSPS) is 15.5. The number of carbonyl (C=O) groups excluding carboxylic acids is 1. The molecule has 1 aliphatic heterocycles. The van der Waals surface area contributed by atoms with Crippen molar-refractivity contribution in [1.29, 1.82) is 0 Å². The van der Waals surface area contributed by atoms with Gasteiger partial charge in [-0.3, -0.25) is 4.79 Å². The molecule has 0 N–H and O–H groups in total. The third-order valence-electron chi connectivity index (χ3n) is 5.59. The molecule has 0 spiro atoms. The first-order valence-electron chi connectivity index (χ1n) is 11.0. The summed E-state index contributed by atoms with van der Waals surface area (Å²) in [6.45, 7) is 13.9. The third-order valence-corrected chi connectivity index (χ3v) is 6.39. The van der Waals surface area contributed by atoms with Gasteiger partial charge in [0.1, 0.15) is 0 Å². The van der Waals surface area contributed by atoms with Crippen molar-refractivity contribution < 1.29 is 4.79 Å². The third kappa shape index (κ3) is 8.74. The largest absolute Gasteiger partial charge is 0.368 e. The fourth-order valence-electron chi connectivity index (χ4n) is 3.37. The number of rotatable bonds is 8. The molecule has 29 heavy (non-hydrogen) atoms. The van der Waals surface area contributed by atoms with Gasteiger partial charge in [0.05, 0.1) is 15.7 Å². The standard InChI is InChI=1S/C12H16Cl2N2.C11H23NO/c1-2-15-6-8-16(9-7-15)11-5-3-4-10(13)12(11)14;1-5-7-9-10(3)12(4)11(13)8-6-2/h3-5H,2,6-9H2,1H3;10H,5-9H2,1-4H3. The van der Waals surface area contributed by atoms with Crippen LogP contribution in [0.2, 0.25) is 10.0 Å². The molecule has 6 heteroatoms. The van der Waals surface area contributed by atoms with Gasteiger partial charge in [-0.1, -0.05) is 62.9 Å². The van der Waals surface area contributed by atoms with Crippen LogP contribution in [-0.2, 0) is 4.79 Å². The molecule has 1 atom stereocenters. The van der Waals surface area contributed by atoms with Crippen molar-refractivity contribution in [3.8, 4) is 0 Å². The van der Waals surface area contributed by atoms with E-state index in [0.29, 0.717) is 22.5 Å². The lowest BCUT2D eigenvalue weighted by molar-refractivity contribution is -0.131. The topological polar surface area (TPSA) is 26.8 Å². The highest BCUT2D eigenvalue weighted by atomic mass is 35.5. The van der Waals surface area contributed by atoms with Crippen molar-refractivity contribution in [1.82, 2.24) is 9.80 Å². The van der Waals surface area contributed by atoms with Crippen LogP contribution < -0.4 is 4.90 Å². The van der Waals surface area contributed by atoms with E-state index in [0.717, 1.165) is 51.3 Å². The summed E-state index contributed by atoms with van der Waals surface area (Å²) < 4.78 is 0. The van der Waals surface area contributed by atoms with E-state index in [-0.39, 0.29) is 5.91 Å². The lowest BCUT2D eigenvalue weighted by atomic mass is 10.1. The Kier molecular flexibility index (Phi) is 12.7. The number of anilines is 1. The van der Waals surface area contributed by atoms with E-state index in [2.05, 4.69) is 30.6 Å². The molecular weight excluding hydrogens is 405 g/mol. The number of benzene rings is 1. The highest BCUT2D eigenvalue weighted by molar-refractivity contribution is 6.43. The van der Waals surface area contributed by atoms with Crippen LogP contribution in [0.15, 0.2) is 18.2 Å². The number of piperazine rings is 1. The molecule has 1 heterocycles. The first-order valence-corrected chi connectivity index (χ1v) is 11.8. The van der Waals surface area contributed by atoms with Crippen LogP contribution in [0.25, 0.3) is 0 Å². The Morgan fingerprint density at radius 2 is 1.76 bits per heavy atom. The van der Waals surface area contributed by atoms with Crippen LogP contribution in [0.1, 0.15) is 59.8 Å². The molecule has 1 aromatic rings. The summed E-state index contributed by atoms with van der Waals surface area (Å²) in [7, 11) is 1.92. The molecule has 1 amide bonds. The van der Waals surface area contributed by atoms with Crippen LogP contribution in [0.3, 0.4) is 0 Å². The van der Waals surface area contributed by atoms with E-state index in [1.807, 2.05) is 37.1 Å². The Balaban J connectivity index is 0.000000298. The molecule has 0 aliphatic carbocycles. The minimum Gasteiger partial charge on any atom is -0.368 e. The van der Waals surface area contributed by atoms with E-state index < -0.39 is 0 Å². The number of hydrogen-bond donors (Lipinski definition) is 0. The smallest absolute Gasteiger partial charge is 0.222 e. The zero-order valence-electron chi connectivity index (χ0n) is 18.9. The van der Waals surface area contributed by atoms with Crippen LogP contribution >= 0.6 is 23.2 Å². The van der Waals surface area contributed by atoms with Crippen molar-refractivity contribution >= 4 is 34.8 Å². The Bertz CT molecular complexity index is 604. The maximum absolute atomic E-state index is 11.5. The summed E-state index contributed by atoms with van der Waals surface area (Å²) in [6, 6.07) is 6.22. The molecule has 0 aromatic heterocycles. The van der Waals surface area contributed by atoms with Gasteiger partial charge < -0.3 is 14.7 Å². The molecule has 1 unspecified atom stereocenters. The van der Waals surface area contributed by atoms with E-state index >= 15 is 0 Å². The molecule has 1 aliphatic rings. The highest BCUT2D eigenvalue weighted by Crippen LogP contribution is 2.32. The number of hydrogen-bond acceptors (Lipinski definition) is 3. The van der Waals surface area contributed by atoms with Crippen LogP contribution in [0, 0.1) is 0 Å². The molecule has 166 valence electrons. The average molecular weight is 444 g/mol. The average Bonchev–Trinajstić information content (AvgIpc) is 2.74. The lowest BCUT2D eigenvalue weighted by Crippen LogP contribution is -2.46. The van der Waals surface area contributed by atoms with Gasteiger partial charge in [-0.05, 0) is 38.4 Å². The second kappa shape index (κ2) is 14.1. The molecule has 2 rings (SSSR count). The summed E-state index contributed by atoms with van der Waals surface area (Å²) >= 11 is 12.2. The first-order chi connectivity index (χ1) is 13.8. The van der Waals surface area contributed by atoms with Gasteiger partial charge in [-0.15, -0.1) is 0 Å². The van der Waals surface area contributed by atoms with Gasteiger partial charge >= 0.3 is 0 Å². The van der Waals surface area contributed by atoms with Crippen molar-refractivity contribution in [3.63, 3.8) is 0 Å². The lowest BCUT2D eigenvalue weighted by Gasteiger charge is -2.36. The number of halogens is 2. The van der Waals surface area contributed by atoms with Gasteiger partial charge in [0.15, 0.2) is 0 Å². The predicted molar refractivity (Wildman–Crippen MR) is 127 cm³/mol. The van der Waals surface area contributed by atoms with Crippen molar-refractivity contribution in [2.75, 3.05) is 44.7 Å². The van der Waals surface area contributed by atoms with E-state index in [4.69, 9.17) is 23.2 Å². The van der Waals surface area contributed by atoms with Gasteiger partial charge in [-0.2, -0.15) is 0 Å². The maximum atomic E-state index is 11.5. The van der Waals surface area contributed by atoms with Crippen molar-refractivity contribution in [3.05, 3.63) is 28.2 Å². The summed E-state index contributed by atoms with van der Waals surface area (Å²) in [6.07, 6.45) is 5.18. The molecule has 0 saturated carbocycles. The monoisotopic (exact) mass is 443 g/mol. The van der Waals surface area contributed by atoms with Gasteiger partial charge in [0, 0.05) is 45.7 Å². The maximum Gasteiger partial charge on any atom is 0.222 e. The number of likely N-dealkylation sites (N-methyl/N-ethyl adjacent to an activating group) is 1. The second-order valence-electron chi connectivity index (χ2n) is 7.74. The molecule has 0 bridgehead atoms. The molecule has 1 fully saturated rings. The van der Waals surface area contributed by atoms with Crippen molar-refractivity contribution in [2.45, 2.75) is 65.8 Å². The molecular formula is C23H39Cl2N3O. The minimum absolute atomic E-state index is 0.283. The SMILES string of the molecule is CCCCC(C)N(C)C(=O)CCC.CCN1CCN(c2cccc(Cl)c2Cl)CC1. The zero-order valence-corrected chi connectivity index (χ0v) is 20.4. The summed E-state index contributed by atoms with van der Waals surface area (Å²) in [4.78, 5) is 18.1. The summed E-state index contributed by atoms with van der Waals surface area (Å²) in [5, 5.41) is 1.31. The van der Waals surface area contributed by atoms with Crippen LogP contribution in [0.4, 0.5) is 5.69 Å². The fourth-order valence-corrected chi connectivity index (χ4v) is 3.79. The number of nitrogens with zero attached hydrogens (tertiary/aromatic N) is 3. The van der Waals surface area contributed by atoms with Crippen LogP contribution in [0.5, 0.6) is 0 Å². The van der Waals surface area contributed by atoms with Crippen molar-refractivity contribution in [2.24, 2.45) is 0 Å². The molecule has 4 nitrogen and oxygen atoms in total. The summed E-state index contributed by atoms with van der Waals surface area (Å²) in [5.41, 5.74) is 1.06. The van der Waals surface area contributed by atoms with Gasteiger partial charge in [0.25, 0.3) is 0 Å². The Hall–Kier alpha value is -0.970. The molecule has 0 radical (unpaired) electrons.